The van der Waals surface area contributed by atoms with Gasteiger partial charge in [-0.1, -0.05) is 18.2 Å². The summed E-state index contributed by atoms with van der Waals surface area (Å²) >= 11 is 0. The number of nitrogens with one attached hydrogen (secondary N) is 1. The van der Waals surface area contributed by atoms with Gasteiger partial charge in [0, 0.05) is 57.4 Å². The highest BCUT2D eigenvalue weighted by atomic mass is 16.5. The zero-order valence-electron chi connectivity index (χ0n) is 14.8. The lowest BCUT2D eigenvalue weighted by atomic mass is 10.2. The lowest BCUT2D eigenvalue weighted by molar-refractivity contribution is 0.169. The quantitative estimate of drug-likeness (QED) is 0.898. The topological polar surface area (TPSA) is 27.7 Å². The van der Waals surface area contributed by atoms with Crippen LogP contribution in [-0.2, 0) is 6.54 Å². The van der Waals surface area contributed by atoms with Crippen molar-refractivity contribution >= 4 is 0 Å². The van der Waals surface area contributed by atoms with Gasteiger partial charge in [0.05, 0.1) is 6.10 Å². The number of ether oxygens (including phenoxy) is 1. The summed E-state index contributed by atoms with van der Waals surface area (Å²) in [5.74, 6) is 1.12. The minimum Gasteiger partial charge on any atom is -0.490 e. The average molecular weight is 329 g/mol. The lowest BCUT2D eigenvalue weighted by Gasteiger charge is -2.32. The number of hydrogen-bond acceptors (Lipinski definition) is 4. The fraction of sp³-hybridized carbons (Fsp3) is 0.700. The summed E-state index contributed by atoms with van der Waals surface area (Å²) in [6, 6.07) is 9.43. The molecule has 0 bridgehead atoms. The number of hydrogen-bond donors (Lipinski definition) is 1. The smallest absolute Gasteiger partial charge is 0.124 e. The molecule has 132 valence electrons. The van der Waals surface area contributed by atoms with E-state index in [9.17, 15) is 0 Å². The molecule has 1 N–H and O–H groups in total. The molecular formula is C20H31N3O. The van der Waals surface area contributed by atoms with Crippen LogP contribution in [0.3, 0.4) is 0 Å². The molecular weight excluding hydrogens is 298 g/mol. The van der Waals surface area contributed by atoms with Crippen LogP contribution in [0.25, 0.3) is 0 Å². The SMILES string of the molecule is c1ccc(OC2CCCC2)c(CN2CCC(N3CCNCC3)C2)c1. The molecule has 1 aromatic carbocycles. The van der Waals surface area contributed by atoms with E-state index in [4.69, 9.17) is 4.74 Å². The maximum absolute atomic E-state index is 6.31. The summed E-state index contributed by atoms with van der Waals surface area (Å²) in [6.45, 7) is 8.17. The summed E-state index contributed by atoms with van der Waals surface area (Å²) < 4.78 is 6.31. The molecule has 4 heteroatoms. The molecule has 2 saturated heterocycles. The van der Waals surface area contributed by atoms with Crippen molar-refractivity contribution in [2.45, 2.75) is 50.8 Å². The Balaban J connectivity index is 1.35. The summed E-state index contributed by atoms with van der Waals surface area (Å²) in [6.07, 6.45) is 6.85. The van der Waals surface area contributed by atoms with E-state index in [1.165, 1.54) is 63.8 Å². The van der Waals surface area contributed by atoms with Crippen LogP contribution in [0.15, 0.2) is 24.3 Å². The van der Waals surface area contributed by atoms with Crippen LogP contribution in [-0.4, -0.2) is 61.2 Å². The molecule has 0 aromatic heterocycles. The van der Waals surface area contributed by atoms with Crippen molar-refractivity contribution in [3.05, 3.63) is 29.8 Å². The minimum atomic E-state index is 0.443. The van der Waals surface area contributed by atoms with Gasteiger partial charge in [0.2, 0.25) is 0 Å². The summed E-state index contributed by atoms with van der Waals surface area (Å²) in [5, 5.41) is 3.46. The number of rotatable bonds is 5. The van der Waals surface area contributed by atoms with Gasteiger partial charge in [-0.3, -0.25) is 9.80 Å². The van der Waals surface area contributed by atoms with Gasteiger partial charge >= 0.3 is 0 Å². The van der Waals surface area contributed by atoms with Gasteiger partial charge in [-0.05, 0) is 38.2 Å². The Kier molecular flexibility index (Phi) is 5.36. The molecule has 1 aromatic rings. The predicted molar refractivity (Wildman–Crippen MR) is 97.5 cm³/mol. The Labute approximate surface area is 146 Å². The number of benzene rings is 1. The van der Waals surface area contributed by atoms with Crippen LogP contribution in [0, 0.1) is 0 Å². The molecule has 2 heterocycles. The van der Waals surface area contributed by atoms with E-state index in [0.29, 0.717) is 6.10 Å². The average Bonchev–Trinajstić information content (AvgIpc) is 3.29. The third-order valence-electron chi connectivity index (χ3n) is 5.88. The Morgan fingerprint density at radius 3 is 2.62 bits per heavy atom. The van der Waals surface area contributed by atoms with Crippen molar-refractivity contribution in [2.24, 2.45) is 0 Å². The normalized spacial score (nSPS) is 26.9. The van der Waals surface area contributed by atoms with Crippen molar-refractivity contribution in [1.82, 2.24) is 15.1 Å². The molecule has 3 fully saturated rings. The number of piperazine rings is 1. The molecule has 1 atom stereocenters. The van der Waals surface area contributed by atoms with Crippen LogP contribution in [0.5, 0.6) is 5.75 Å². The van der Waals surface area contributed by atoms with Crippen molar-refractivity contribution < 1.29 is 4.74 Å². The second kappa shape index (κ2) is 7.85. The monoisotopic (exact) mass is 329 g/mol. The van der Waals surface area contributed by atoms with E-state index < -0.39 is 0 Å². The molecule has 1 unspecified atom stereocenters. The molecule has 0 spiro atoms. The first-order chi connectivity index (χ1) is 11.9. The van der Waals surface area contributed by atoms with Crippen molar-refractivity contribution in [1.29, 1.82) is 0 Å². The molecule has 4 nitrogen and oxygen atoms in total. The van der Waals surface area contributed by atoms with Gasteiger partial charge in [-0.25, -0.2) is 0 Å². The standard InChI is InChI=1S/C20H31N3O/c1-4-8-20(24-19-6-2-3-7-19)17(5-1)15-22-12-9-18(16-22)23-13-10-21-11-14-23/h1,4-5,8,18-19,21H,2-3,6-7,9-16H2. The van der Waals surface area contributed by atoms with E-state index in [1.54, 1.807) is 0 Å². The van der Waals surface area contributed by atoms with Gasteiger partial charge in [0.1, 0.15) is 5.75 Å². The van der Waals surface area contributed by atoms with Gasteiger partial charge < -0.3 is 10.1 Å². The highest BCUT2D eigenvalue weighted by Crippen LogP contribution is 2.28. The van der Waals surface area contributed by atoms with Crippen LogP contribution in [0.1, 0.15) is 37.7 Å². The van der Waals surface area contributed by atoms with Crippen LogP contribution >= 0.6 is 0 Å². The molecule has 3 aliphatic rings. The summed E-state index contributed by atoms with van der Waals surface area (Å²) in [5.41, 5.74) is 1.37. The predicted octanol–water partition coefficient (Wildman–Crippen LogP) is 2.49. The van der Waals surface area contributed by atoms with E-state index in [0.717, 1.165) is 31.4 Å². The molecule has 2 aliphatic heterocycles. The zero-order valence-corrected chi connectivity index (χ0v) is 14.8. The van der Waals surface area contributed by atoms with Crippen LogP contribution in [0.2, 0.25) is 0 Å². The van der Waals surface area contributed by atoms with Crippen molar-refractivity contribution in [3.8, 4) is 5.75 Å². The van der Waals surface area contributed by atoms with E-state index in [2.05, 4.69) is 39.4 Å². The molecule has 1 aliphatic carbocycles. The Morgan fingerprint density at radius 2 is 1.79 bits per heavy atom. The van der Waals surface area contributed by atoms with E-state index >= 15 is 0 Å². The summed E-state index contributed by atoms with van der Waals surface area (Å²) in [7, 11) is 0. The van der Waals surface area contributed by atoms with Crippen LogP contribution in [0.4, 0.5) is 0 Å². The Bertz CT molecular complexity index is 523. The second-order valence-electron chi connectivity index (χ2n) is 7.60. The van der Waals surface area contributed by atoms with E-state index in [-0.39, 0.29) is 0 Å². The molecule has 1 saturated carbocycles. The van der Waals surface area contributed by atoms with Gasteiger partial charge in [-0.2, -0.15) is 0 Å². The third kappa shape index (κ3) is 3.93. The number of nitrogens with zero attached hydrogens (tertiary/aromatic N) is 2. The maximum Gasteiger partial charge on any atom is 0.124 e. The first-order valence-corrected chi connectivity index (χ1v) is 9.80. The van der Waals surface area contributed by atoms with E-state index in [1.807, 2.05) is 0 Å². The fourth-order valence-electron chi connectivity index (χ4n) is 4.48. The first kappa shape index (κ1) is 16.4. The first-order valence-electron chi connectivity index (χ1n) is 9.80. The maximum atomic E-state index is 6.31. The number of likely N-dealkylation sites (tertiary alicyclic amines) is 1. The van der Waals surface area contributed by atoms with Crippen molar-refractivity contribution in [2.75, 3.05) is 39.3 Å². The van der Waals surface area contributed by atoms with Crippen molar-refractivity contribution in [3.63, 3.8) is 0 Å². The molecule has 0 radical (unpaired) electrons. The van der Waals surface area contributed by atoms with Crippen LogP contribution < -0.4 is 10.1 Å². The Hall–Kier alpha value is -1.10. The largest absolute Gasteiger partial charge is 0.490 e. The van der Waals surface area contributed by atoms with Gasteiger partial charge in [0.25, 0.3) is 0 Å². The highest BCUT2D eigenvalue weighted by molar-refractivity contribution is 5.33. The third-order valence-corrected chi connectivity index (χ3v) is 5.88. The summed E-state index contributed by atoms with van der Waals surface area (Å²) in [4.78, 5) is 5.29. The van der Waals surface area contributed by atoms with Gasteiger partial charge in [-0.15, -0.1) is 0 Å². The second-order valence-corrected chi connectivity index (χ2v) is 7.60. The highest BCUT2D eigenvalue weighted by Gasteiger charge is 2.29. The Morgan fingerprint density at radius 1 is 1.00 bits per heavy atom. The minimum absolute atomic E-state index is 0.443. The van der Waals surface area contributed by atoms with Gasteiger partial charge in [0.15, 0.2) is 0 Å². The zero-order chi connectivity index (χ0) is 16.2. The fourth-order valence-corrected chi connectivity index (χ4v) is 4.48. The molecule has 4 rings (SSSR count). The molecule has 0 amide bonds. The molecule has 24 heavy (non-hydrogen) atoms. The number of para-hydroxylation sites is 1. The lowest BCUT2D eigenvalue weighted by Crippen LogP contribution is -2.49.